The van der Waals surface area contributed by atoms with Crippen LogP contribution in [0.25, 0.3) is 0 Å². The molecule has 3 heterocycles. The van der Waals surface area contributed by atoms with Crippen LogP contribution < -0.4 is 5.32 Å². The Morgan fingerprint density at radius 1 is 0.716 bits per heavy atom. The molecular formula is C47H69NO19. The summed E-state index contributed by atoms with van der Waals surface area (Å²) >= 11 is 0. The molecule has 1 aromatic rings. The van der Waals surface area contributed by atoms with Crippen molar-refractivity contribution in [2.75, 3.05) is 19.8 Å². The minimum atomic E-state index is -1.94. The molecule has 3 saturated heterocycles. The molecule has 20 nitrogen and oxygen atoms in total. The molecule has 0 unspecified atom stereocenters. The van der Waals surface area contributed by atoms with Crippen LogP contribution >= 0.6 is 0 Å². The number of fused-ring (bicyclic) bond motifs is 3. The average Bonchev–Trinajstić information content (AvgIpc) is 3.50. The zero-order valence-corrected chi connectivity index (χ0v) is 37.9. The minimum Gasteiger partial charge on any atom is -0.480 e. The van der Waals surface area contributed by atoms with Crippen molar-refractivity contribution >= 4 is 11.9 Å². The largest absolute Gasteiger partial charge is 0.480 e. The van der Waals surface area contributed by atoms with Crippen LogP contribution in [0.1, 0.15) is 77.2 Å². The second kappa shape index (κ2) is 19.5. The Kier molecular flexibility index (Phi) is 14.7. The number of ether oxygens (including phenoxy) is 6. The fourth-order valence-corrected chi connectivity index (χ4v) is 13.5. The lowest BCUT2D eigenvalue weighted by Gasteiger charge is -2.64. The Hall–Kier alpha value is -2.74. The molecule has 67 heavy (non-hydrogen) atoms. The number of nitrogens with one attached hydrogen (secondary N) is 1. The molecule has 1 spiro atoms. The standard InChI is InChI=1S/C47H69NO19/c1-22-17-46-14-10-28-44(2,12-7-13-45(28,3)43(61)48-24(39(59)60)16-23-8-5-4-6-9-23)29(46)11-15-47(22,21-46)67-42-38(66-41-36(58)34(56)31(53)26(19-50)63-41)37(32(54)27(20-51)64-42)65-40-35(57)33(55)30(52)25(18-49)62-40/h4-6,8-9,24-38,40-42,49-58H,1,7,10-21H2,2-3H3,(H,48,61)(H,59,60)/t24-,25-,26-,27-,28+,29+,30-,31-,32-,33+,34+,35-,36-,37+,38-,40+,41+,42+,44-,45-,46-,47+/m1/s1. The molecule has 0 aromatic heterocycles. The molecule has 1 amide bonds. The summed E-state index contributed by atoms with van der Waals surface area (Å²) in [6, 6.07) is 8.08. The third-order valence-corrected chi connectivity index (χ3v) is 17.0. The second-order valence-electron chi connectivity index (χ2n) is 20.8. The first-order chi connectivity index (χ1) is 31.8. The molecule has 376 valence electrons. The molecule has 4 saturated carbocycles. The van der Waals surface area contributed by atoms with E-state index in [1.807, 2.05) is 37.3 Å². The van der Waals surface area contributed by atoms with Crippen molar-refractivity contribution in [1.29, 1.82) is 0 Å². The number of aliphatic carboxylic acids is 1. The van der Waals surface area contributed by atoms with Crippen molar-refractivity contribution in [3.8, 4) is 0 Å². The zero-order valence-electron chi connectivity index (χ0n) is 37.9. The van der Waals surface area contributed by atoms with Crippen molar-refractivity contribution in [3.05, 3.63) is 48.0 Å². The summed E-state index contributed by atoms with van der Waals surface area (Å²) in [6.45, 7) is 6.39. The summed E-state index contributed by atoms with van der Waals surface area (Å²) in [6.07, 6.45) is -20.0. The van der Waals surface area contributed by atoms with E-state index in [0.29, 0.717) is 44.9 Å². The van der Waals surface area contributed by atoms with E-state index in [1.54, 1.807) is 0 Å². The highest BCUT2D eigenvalue weighted by Crippen LogP contribution is 2.73. The number of carboxylic acids is 1. The van der Waals surface area contributed by atoms with Gasteiger partial charge < -0.3 is 89.9 Å². The lowest BCUT2D eigenvalue weighted by atomic mass is 9.40. The first-order valence-corrected chi connectivity index (χ1v) is 23.6. The van der Waals surface area contributed by atoms with Crippen LogP contribution in [0.4, 0.5) is 0 Å². The second-order valence-corrected chi connectivity index (χ2v) is 20.8. The van der Waals surface area contributed by atoms with Gasteiger partial charge in [0.1, 0.15) is 79.3 Å². The molecule has 3 aliphatic heterocycles. The van der Waals surface area contributed by atoms with Gasteiger partial charge in [0.2, 0.25) is 5.91 Å². The number of rotatable bonds is 14. The van der Waals surface area contributed by atoms with Gasteiger partial charge in [-0.25, -0.2) is 4.79 Å². The number of hydrogen-bond acceptors (Lipinski definition) is 18. The Balaban J connectivity index is 1.07. The van der Waals surface area contributed by atoms with E-state index < -0.39 is 135 Å². The molecule has 20 heteroatoms. The highest BCUT2D eigenvalue weighted by atomic mass is 16.8. The number of aliphatic hydroxyl groups excluding tert-OH is 10. The maximum absolute atomic E-state index is 14.4. The molecule has 8 rings (SSSR count). The van der Waals surface area contributed by atoms with Crippen molar-refractivity contribution in [1.82, 2.24) is 5.32 Å². The highest BCUT2D eigenvalue weighted by Gasteiger charge is 2.69. The van der Waals surface area contributed by atoms with E-state index in [0.717, 1.165) is 24.0 Å². The quantitative estimate of drug-likeness (QED) is 0.0735. The molecule has 7 aliphatic rings. The van der Waals surface area contributed by atoms with Crippen LogP contribution in [0.3, 0.4) is 0 Å². The van der Waals surface area contributed by atoms with Gasteiger partial charge in [0.05, 0.1) is 25.4 Å². The van der Waals surface area contributed by atoms with E-state index >= 15 is 0 Å². The SMILES string of the molecule is C=C1C[C@@]23CC[C@H]4[C@@](C)(CCC[C@@]4(C)C(=O)N[C@H](Cc4ccccc4)C(=O)O)[C@@H]2CC[C@]1(O[C@@H]1O[C@H](CO)[C@@H](O)[C@H](O[C@@H]2O[C@H](CO)[C@@H](O)[C@H](O)[C@H]2O)[C@H]1O[C@@H]1O[C@H](CO)[C@@H](O)[C@H](O)[C@H]1O)C3. The first kappa shape index (κ1) is 50.6. The predicted molar refractivity (Wildman–Crippen MR) is 229 cm³/mol. The van der Waals surface area contributed by atoms with Crippen LogP contribution in [-0.2, 0) is 44.4 Å². The topological polar surface area (TPSA) is 324 Å². The Morgan fingerprint density at radius 3 is 1.85 bits per heavy atom. The fraction of sp³-hybridized carbons (Fsp3) is 0.787. The molecule has 4 aliphatic carbocycles. The van der Waals surface area contributed by atoms with Crippen LogP contribution in [0, 0.1) is 28.1 Å². The van der Waals surface area contributed by atoms with E-state index in [1.165, 1.54) is 0 Å². The normalized spacial score (nSPS) is 47.9. The van der Waals surface area contributed by atoms with Gasteiger partial charge in [0.25, 0.3) is 0 Å². The number of hydrogen-bond donors (Lipinski definition) is 12. The minimum absolute atomic E-state index is 0.0667. The summed E-state index contributed by atoms with van der Waals surface area (Å²) in [4.78, 5) is 26.9. The van der Waals surface area contributed by atoms with Crippen LogP contribution in [-0.4, -0.2) is 192 Å². The number of carboxylic acid groups (broad SMARTS) is 1. The molecule has 0 radical (unpaired) electrons. The molecule has 7 fully saturated rings. The summed E-state index contributed by atoms with van der Waals surface area (Å²) in [5.41, 5.74) is -1.08. The van der Waals surface area contributed by atoms with Gasteiger partial charge in [0, 0.05) is 11.8 Å². The van der Waals surface area contributed by atoms with Gasteiger partial charge >= 0.3 is 5.97 Å². The number of benzene rings is 1. The lowest BCUT2D eigenvalue weighted by molar-refractivity contribution is -0.400. The Labute approximate surface area is 388 Å². The number of carbonyl (C=O) groups is 2. The van der Waals surface area contributed by atoms with Gasteiger partial charge in [-0.1, -0.05) is 57.2 Å². The smallest absolute Gasteiger partial charge is 0.326 e. The van der Waals surface area contributed by atoms with Gasteiger partial charge in [-0.2, -0.15) is 0 Å². The summed E-state index contributed by atoms with van der Waals surface area (Å²) in [5, 5.41) is 120. The number of amides is 1. The average molecular weight is 952 g/mol. The highest BCUT2D eigenvalue weighted by molar-refractivity contribution is 5.88. The summed E-state index contributed by atoms with van der Waals surface area (Å²) < 4.78 is 37.0. The van der Waals surface area contributed by atoms with Gasteiger partial charge in [-0.15, -0.1) is 0 Å². The summed E-state index contributed by atoms with van der Waals surface area (Å²) in [5.74, 6) is -1.34. The van der Waals surface area contributed by atoms with Gasteiger partial charge in [-0.05, 0) is 85.2 Å². The third kappa shape index (κ3) is 8.91. The van der Waals surface area contributed by atoms with Crippen LogP contribution in [0.5, 0.6) is 0 Å². The Bertz CT molecular complexity index is 1930. The number of carbonyl (C=O) groups excluding carboxylic acids is 1. The van der Waals surface area contributed by atoms with Gasteiger partial charge in [0.15, 0.2) is 18.9 Å². The molecular weight excluding hydrogens is 883 g/mol. The van der Waals surface area contributed by atoms with Crippen LogP contribution in [0.2, 0.25) is 0 Å². The monoisotopic (exact) mass is 951 g/mol. The zero-order chi connectivity index (χ0) is 48.4. The van der Waals surface area contributed by atoms with Crippen molar-refractivity contribution in [2.24, 2.45) is 28.1 Å². The number of aliphatic hydroxyl groups is 10. The molecule has 2 bridgehead atoms. The van der Waals surface area contributed by atoms with E-state index in [-0.39, 0.29) is 35.0 Å². The maximum atomic E-state index is 14.4. The maximum Gasteiger partial charge on any atom is 0.326 e. The Morgan fingerprint density at radius 2 is 1.27 bits per heavy atom. The van der Waals surface area contributed by atoms with Crippen molar-refractivity contribution in [3.63, 3.8) is 0 Å². The third-order valence-electron chi connectivity index (χ3n) is 17.0. The van der Waals surface area contributed by atoms with Crippen molar-refractivity contribution < 1.29 is 94.2 Å². The predicted octanol–water partition coefficient (Wildman–Crippen LogP) is -1.64. The first-order valence-electron chi connectivity index (χ1n) is 23.6. The summed E-state index contributed by atoms with van der Waals surface area (Å²) in [7, 11) is 0. The fourth-order valence-electron chi connectivity index (χ4n) is 13.5. The van der Waals surface area contributed by atoms with Crippen molar-refractivity contribution in [2.45, 2.75) is 182 Å². The lowest BCUT2D eigenvalue weighted by Crippen LogP contribution is -2.68. The van der Waals surface area contributed by atoms with Gasteiger partial charge in [-0.3, -0.25) is 4.79 Å². The van der Waals surface area contributed by atoms with Crippen LogP contribution in [0.15, 0.2) is 42.5 Å². The van der Waals surface area contributed by atoms with E-state index in [4.69, 9.17) is 28.4 Å². The van der Waals surface area contributed by atoms with E-state index in [9.17, 15) is 65.8 Å². The molecule has 22 atom stereocenters. The van der Waals surface area contributed by atoms with E-state index in [2.05, 4.69) is 18.8 Å². The molecule has 12 N–H and O–H groups in total. The molecule has 1 aromatic carbocycles.